The molecule has 0 amide bonds. The quantitative estimate of drug-likeness (QED) is 0.530. The molecule has 0 spiro atoms. The van der Waals surface area contributed by atoms with Gasteiger partial charge in [-0.15, -0.1) is 0 Å². The van der Waals surface area contributed by atoms with Crippen LogP contribution < -0.4 is 10.6 Å². The summed E-state index contributed by atoms with van der Waals surface area (Å²) in [5.41, 5.74) is 1.14. The summed E-state index contributed by atoms with van der Waals surface area (Å²) in [7, 11) is -1.85. The summed E-state index contributed by atoms with van der Waals surface area (Å²) >= 11 is 0. The van der Waals surface area contributed by atoms with Gasteiger partial charge < -0.3 is 0 Å². The van der Waals surface area contributed by atoms with Gasteiger partial charge in [-0.2, -0.15) is 0 Å². The molecule has 0 radical (unpaired) electrons. The van der Waals surface area contributed by atoms with E-state index in [1.807, 2.05) is 12.3 Å². The highest BCUT2D eigenvalue weighted by Gasteiger charge is 2.46. The molecule has 0 fully saturated rings. The van der Waals surface area contributed by atoms with Gasteiger partial charge in [-0.25, -0.2) is 0 Å². The molecule has 0 bridgehead atoms. The number of hydrogen-bond acceptors (Lipinski definition) is 1. The molecule has 3 aromatic rings. The van der Waals surface area contributed by atoms with Crippen molar-refractivity contribution < 1.29 is 0 Å². The second kappa shape index (κ2) is 8.29. The van der Waals surface area contributed by atoms with Crippen LogP contribution >= 0.6 is 7.26 Å². The molecule has 0 atom stereocenters. The predicted molar refractivity (Wildman–Crippen MR) is 118 cm³/mol. The first-order chi connectivity index (χ1) is 13.4. The summed E-state index contributed by atoms with van der Waals surface area (Å²) in [6, 6.07) is 28.2. The number of rotatable bonds is 5. The second-order valence-corrected chi connectivity index (χ2v) is 10.1. The monoisotopic (exact) mass is 368 g/mol. The van der Waals surface area contributed by atoms with Gasteiger partial charge in [-0.05, 0) is 55.0 Å². The van der Waals surface area contributed by atoms with Gasteiger partial charge in [0.2, 0.25) is 0 Å². The first-order valence-electron chi connectivity index (χ1n) is 9.33. The van der Waals surface area contributed by atoms with E-state index < -0.39 is 7.26 Å². The summed E-state index contributed by atoms with van der Waals surface area (Å²) in [5, 5.41) is 4.23. The largest absolute Gasteiger partial charge is 0.257 e. The summed E-state index contributed by atoms with van der Waals surface area (Å²) in [5.74, 6) is 0. The maximum Gasteiger partial charge on any atom is 0.117 e. The van der Waals surface area contributed by atoms with Crippen molar-refractivity contribution in [3.8, 4) is 0 Å². The number of hydrogen-bond donors (Lipinski definition) is 0. The number of nitrogens with zero attached hydrogens (tertiary/aromatic N) is 1. The molecule has 0 aliphatic heterocycles. The summed E-state index contributed by atoms with van der Waals surface area (Å²) in [4.78, 5) is 4.69. The van der Waals surface area contributed by atoms with Crippen LogP contribution in [0.3, 0.4) is 0 Å². The van der Waals surface area contributed by atoms with Crippen molar-refractivity contribution in [2.45, 2.75) is 12.6 Å². The van der Waals surface area contributed by atoms with E-state index in [9.17, 15) is 0 Å². The molecule has 1 nitrogen and oxygen atoms in total. The van der Waals surface area contributed by atoms with Crippen molar-refractivity contribution in [3.63, 3.8) is 0 Å². The highest BCUT2D eigenvalue weighted by Crippen LogP contribution is 2.66. The van der Waals surface area contributed by atoms with Gasteiger partial charge in [0.15, 0.2) is 0 Å². The smallest absolute Gasteiger partial charge is 0.117 e. The van der Waals surface area contributed by atoms with Crippen LogP contribution in [0.4, 0.5) is 0 Å². The maximum atomic E-state index is 4.69. The van der Waals surface area contributed by atoms with Crippen LogP contribution in [0, 0.1) is 0 Å². The van der Waals surface area contributed by atoms with Gasteiger partial charge in [0.05, 0.1) is 5.69 Å². The van der Waals surface area contributed by atoms with E-state index in [1.54, 1.807) is 0 Å². The van der Waals surface area contributed by atoms with Gasteiger partial charge in [0.25, 0.3) is 0 Å². The minimum atomic E-state index is -1.85. The lowest BCUT2D eigenvalue weighted by Gasteiger charge is -2.28. The number of aromatic nitrogens is 1. The molecule has 2 heteroatoms. The van der Waals surface area contributed by atoms with Crippen LogP contribution in [0.25, 0.3) is 0 Å². The van der Waals surface area contributed by atoms with Gasteiger partial charge >= 0.3 is 0 Å². The third-order valence-corrected chi connectivity index (χ3v) is 9.31. The lowest BCUT2D eigenvalue weighted by molar-refractivity contribution is 1.16. The third kappa shape index (κ3) is 3.70. The van der Waals surface area contributed by atoms with Gasteiger partial charge in [-0.3, -0.25) is 4.98 Å². The Balaban J connectivity index is 1.98. The summed E-state index contributed by atoms with van der Waals surface area (Å²) < 4.78 is 0. The maximum absolute atomic E-state index is 4.69. The molecule has 132 valence electrons. The minimum Gasteiger partial charge on any atom is -0.257 e. The topological polar surface area (TPSA) is 12.9 Å². The normalized spacial score (nSPS) is 13.9. The highest BCUT2D eigenvalue weighted by molar-refractivity contribution is 7.92. The first-order valence-corrected chi connectivity index (χ1v) is 11.3. The van der Waals surface area contributed by atoms with Crippen molar-refractivity contribution in [1.29, 1.82) is 0 Å². The highest BCUT2D eigenvalue weighted by atomic mass is 31.2. The zero-order valence-corrected chi connectivity index (χ0v) is 16.2. The Kier molecular flexibility index (Phi) is 5.42. The van der Waals surface area contributed by atoms with Gasteiger partial charge in [0.1, 0.15) is 29.3 Å². The van der Waals surface area contributed by atoms with Crippen molar-refractivity contribution in [1.82, 2.24) is 4.98 Å². The fourth-order valence-electron chi connectivity index (χ4n) is 3.67. The molecule has 1 heterocycles. The SMILES string of the molecule is C1=CCC=C([P+](Cc2ccccn2)(c2ccccc2)c2ccccc2)C=C1. The number of pyridine rings is 1. The van der Waals surface area contributed by atoms with E-state index in [4.69, 9.17) is 4.98 Å². The van der Waals surface area contributed by atoms with E-state index in [2.05, 4.69) is 103 Å². The molecular weight excluding hydrogens is 345 g/mol. The Morgan fingerprint density at radius 2 is 1.41 bits per heavy atom. The molecule has 0 saturated heterocycles. The van der Waals surface area contributed by atoms with Crippen molar-refractivity contribution in [2.75, 3.05) is 0 Å². The second-order valence-electron chi connectivity index (χ2n) is 6.61. The molecule has 1 aromatic heterocycles. The van der Waals surface area contributed by atoms with Crippen LogP contribution in [-0.4, -0.2) is 4.98 Å². The molecule has 2 aromatic carbocycles. The van der Waals surface area contributed by atoms with Crippen molar-refractivity contribution in [3.05, 3.63) is 126 Å². The molecule has 0 unspecified atom stereocenters. The zero-order chi connectivity index (χ0) is 18.4. The predicted octanol–water partition coefficient (Wildman–Crippen LogP) is 5.65. The van der Waals surface area contributed by atoms with Crippen LogP contribution in [0.1, 0.15) is 12.1 Å². The summed E-state index contributed by atoms with van der Waals surface area (Å²) in [6.07, 6.45) is 15.0. The molecule has 1 aliphatic rings. The Hall–Kier alpha value is -2.76. The van der Waals surface area contributed by atoms with Crippen molar-refractivity contribution in [2.24, 2.45) is 0 Å². The van der Waals surface area contributed by atoms with Crippen LogP contribution in [0.5, 0.6) is 0 Å². The number of allylic oxidation sites excluding steroid dienone is 6. The first kappa shape index (κ1) is 17.6. The van der Waals surface area contributed by atoms with E-state index in [0.29, 0.717) is 0 Å². The number of benzene rings is 2. The average molecular weight is 368 g/mol. The van der Waals surface area contributed by atoms with Gasteiger partial charge in [-0.1, -0.05) is 60.7 Å². The fourth-order valence-corrected chi connectivity index (χ4v) is 7.91. The molecule has 4 rings (SSSR count). The minimum absolute atomic E-state index is 0.929. The Bertz CT molecular complexity index is 917. The fraction of sp³-hybridized carbons (Fsp3) is 0.0800. The van der Waals surface area contributed by atoms with Crippen LogP contribution in [-0.2, 0) is 6.16 Å². The molecule has 27 heavy (non-hydrogen) atoms. The van der Waals surface area contributed by atoms with Crippen LogP contribution in [0.15, 0.2) is 121 Å². The average Bonchev–Trinajstić information content (AvgIpc) is 3.04. The Labute approximate surface area is 162 Å². The molecule has 0 saturated carbocycles. The van der Waals surface area contributed by atoms with E-state index >= 15 is 0 Å². The Morgan fingerprint density at radius 3 is 2.04 bits per heavy atom. The lowest BCUT2D eigenvalue weighted by atomic mass is 10.3. The standard InChI is InChI=1S/C25H23NP/c1-2-6-15-23(14-5-1)27(24-16-7-3-8-17-24,25-18-9-4-10-19-25)21-22-13-11-12-20-26-22/h1-5,7-20H,6,21H2/q+1. The van der Waals surface area contributed by atoms with Crippen molar-refractivity contribution >= 4 is 17.9 Å². The third-order valence-electron chi connectivity index (χ3n) is 4.94. The summed E-state index contributed by atoms with van der Waals surface area (Å²) in [6.45, 7) is 0. The van der Waals surface area contributed by atoms with E-state index in [-0.39, 0.29) is 0 Å². The molecule has 1 aliphatic carbocycles. The van der Waals surface area contributed by atoms with Crippen LogP contribution in [0.2, 0.25) is 0 Å². The van der Waals surface area contributed by atoms with Gasteiger partial charge in [0, 0.05) is 6.20 Å². The molecule has 0 N–H and O–H groups in total. The van der Waals surface area contributed by atoms with E-state index in [0.717, 1.165) is 18.3 Å². The lowest BCUT2D eigenvalue weighted by Crippen LogP contribution is -2.25. The Morgan fingerprint density at radius 1 is 0.741 bits per heavy atom. The zero-order valence-electron chi connectivity index (χ0n) is 15.3. The molecular formula is C25H23NP+. The van der Waals surface area contributed by atoms with E-state index in [1.165, 1.54) is 15.9 Å².